The molecule has 0 radical (unpaired) electrons. The molecular formula is C30H31FN2O3S2. The molecule has 1 saturated carbocycles. The van der Waals surface area contributed by atoms with E-state index in [1.54, 1.807) is 40.5 Å². The summed E-state index contributed by atoms with van der Waals surface area (Å²) in [5.74, 6) is -0.604. The van der Waals surface area contributed by atoms with E-state index in [2.05, 4.69) is 0 Å². The van der Waals surface area contributed by atoms with E-state index in [-0.39, 0.29) is 35.8 Å². The molecule has 198 valence electrons. The summed E-state index contributed by atoms with van der Waals surface area (Å²) in [5, 5.41) is 3.77. The van der Waals surface area contributed by atoms with Gasteiger partial charge in [0.15, 0.2) is 0 Å². The summed E-state index contributed by atoms with van der Waals surface area (Å²) < 4.78 is 43.1. The second-order valence-corrected chi connectivity index (χ2v) is 12.7. The fraction of sp³-hybridized carbons (Fsp3) is 0.300. The van der Waals surface area contributed by atoms with Crippen LogP contribution in [-0.2, 0) is 27.9 Å². The Labute approximate surface area is 227 Å². The maximum atomic E-state index is 14.1. The Kier molecular flexibility index (Phi) is 8.21. The molecule has 0 aliphatic heterocycles. The summed E-state index contributed by atoms with van der Waals surface area (Å²) in [6.07, 6.45) is 4.43. The molecule has 5 nitrogen and oxygen atoms in total. The molecule has 1 aliphatic carbocycles. The number of carbonyl (C=O) groups excluding carboxylic acids is 1. The molecule has 1 heterocycles. The van der Waals surface area contributed by atoms with E-state index < -0.39 is 10.0 Å². The lowest BCUT2D eigenvalue weighted by Crippen LogP contribution is -2.47. The van der Waals surface area contributed by atoms with Crippen molar-refractivity contribution >= 4 is 38.0 Å². The van der Waals surface area contributed by atoms with Crippen molar-refractivity contribution in [2.75, 3.05) is 6.54 Å². The Balaban J connectivity index is 1.46. The van der Waals surface area contributed by atoms with E-state index >= 15 is 0 Å². The van der Waals surface area contributed by atoms with Crippen LogP contribution >= 0.6 is 11.3 Å². The summed E-state index contributed by atoms with van der Waals surface area (Å²) in [7, 11) is -3.92. The smallest absolute Gasteiger partial charge is 0.243 e. The summed E-state index contributed by atoms with van der Waals surface area (Å²) in [6, 6.07) is 22.6. The number of amides is 1. The summed E-state index contributed by atoms with van der Waals surface area (Å²) in [5.41, 5.74) is 0.790. The number of fused-ring (bicyclic) bond motifs is 1. The summed E-state index contributed by atoms with van der Waals surface area (Å²) in [4.78, 5) is 16.7. The summed E-state index contributed by atoms with van der Waals surface area (Å²) in [6.45, 7) is 0.403. The minimum atomic E-state index is -3.92. The Hall–Kier alpha value is -3.07. The molecule has 0 atom stereocenters. The Morgan fingerprint density at radius 1 is 0.868 bits per heavy atom. The minimum Gasteiger partial charge on any atom is -0.332 e. The first-order valence-electron chi connectivity index (χ1n) is 13.0. The molecular weight excluding hydrogens is 519 g/mol. The molecule has 0 unspecified atom stereocenters. The van der Waals surface area contributed by atoms with Crippen LogP contribution in [0.4, 0.5) is 4.39 Å². The zero-order valence-corrected chi connectivity index (χ0v) is 22.8. The van der Waals surface area contributed by atoms with Gasteiger partial charge in [0.2, 0.25) is 15.9 Å². The van der Waals surface area contributed by atoms with Crippen LogP contribution < -0.4 is 0 Å². The van der Waals surface area contributed by atoms with Crippen molar-refractivity contribution in [3.63, 3.8) is 0 Å². The van der Waals surface area contributed by atoms with Gasteiger partial charge in [-0.1, -0.05) is 67.8 Å². The Bertz CT molecular complexity index is 1480. The lowest BCUT2D eigenvalue weighted by Gasteiger charge is -2.34. The van der Waals surface area contributed by atoms with Gasteiger partial charge in [-0.25, -0.2) is 12.8 Å². The van der Waals surface area contributed by atoms with Gasteiger partial charge < -0.3 is 4.90 Å². The number of thiophene rings is 1. The predicted molar refractivity (Wildman–Crippen MR) is 150 cm³/mol. The second-order valence-electron chi connectivity index (χ2n) is 9.81. The van der Waals surface area contributed by atoms with Crippen molar-refractivity contribution in [3.05, 3.63) is 101 Å². The fourth-order valence-corrected chi connectivity index (χ4v) is 7.50. The van der Waals surface area contributed by atoms with Crippen LogP contribution in [0.15, 0.2) is 89.1 Å². The Morgan fingerprint density at radius 2 is 1.61 bits per heavy atom. The van der Waals surface area contributed by atoms with Crippen molar-refractivity contribution < 1.29 is 17.6 Å². The minimum absolute atomic E-state index is 0.206. The number of hydrogen-bond acceptors (Lipinski definition) is 4. The zero-order valence-electron chi connectivity index (χ0n) is 21.1. The molecule has 4 aromatic rings. The van der Waals surface area contributed by atoms with Gasteiger partial charge in [0.05, 0.1) is 18.0 Å². The predicted octanol–water partition coefficient (Wildman–Crippen LogP) is 6.59. The molecule has 0 spiro atoms. The first-order chi connectivity index (χ1) is 18.4. The van der Waals surface area contributed by atoms with Gasteiger partial charge in [-0.2, -0.15) is 4.31 Å². The van der Waals surface area contributed by atoms with E-state index in [0.717, 1.165) is 53.3 Å². The van der Waals surface area contributed by atoms with Gasteiger partial charge in [-0.05, 0) is 64.9 Å². The fourth-order valence-electron chi connectivity index (χ4n) is 5.11. The van der Waals surface area contributed by atoms with Crippen LogP contribution in [0, 0.1) is 5.82 Å². The average Bonchev–Trinajstić information content (AvgIpc) is 3.46. The van der Waals surface area contributed by atoms with Gasteiger partial charge in [-0.3, -0.25) is 4.79 Å². The number of halogens is 1. The van der Waals surface area contributed by atoms with Gasteiger partial charge >= 0.3 is 0 Å². The van der Waals surface area contributed by atoms with E-state index in [1.807, 2.05) is 47.8 Å². The van der Waals surface area contributed by atoms with Crippen LogP contribution in [0.1, 0.15) is 42.5 Å². The highest BCUT2D eigenvalue weighted by Crippen LogP contribution is 2.30. The van der Waals surface area contributed by atoms with Crippen LogP contribution in [0.25, 0.3) is 10.8 Å². The largest absolute Gasteiger partial charge is 0.332 e. The van der Waals surface area contributed by atoms with Crippen LogP contribution in [-0.4, -0.2) is 36.1 Å². The van der Waals surface area contributed by atoms with Gasteiger partial charge in [0.1, 0.15) is 5.82 Å². The van der Waals surface area contributed by atoms with E-state index in [1.165, 1.54) is 16.4 Å². The van der Waals surface area contributed by atoms with Crippen LogP contribution in [0.2, 0.25) is 0 Å². The number of sulfonamides is 1. The van der Waals surface area contributed by atoms with E-state index in [4.69, 9.17) is 0 Å². The molecule has 0 bridgehead atoms. The number of carbonyl (C=O) groups is 1. The molecule has 8 heteroatoms. The van der Waals surface area contributed by atoms with Crippen molar-refractivity contribution in [3.8, 4) is 0 Å². The van der Waals surface area contributed by atoms with Crippen molar-refractivity contribution in [2.45, 2.75) is 56.1 Å². The molecule has 1 amide bonds. The lowest BCUT2D eigenvalue weighted by atomic mass is 9.95. The summed E-state index contributed by atoms with van der Waals surface area (Å²) >= 11 is 1.55. The quantitative estimate of drug-likeness (QED) is 0.236. The number of rotatable bonds is 9. The van der Waals surface area contributed by atoms with Crippen molar-refractivity contribution in [2.24, 2.45) is 0 Å². The average molecular weight is 551 g/mol. The number of benzene rings is 3. The van der Waals surface area contributed by atoms with Gasteiger partial charge in [0, 0.05) is 17.5 Å². The second kappa shape index (κ2) is 11.8. The Morgan fingerprint density at radius 3 is 2.32 bits per heavy atom. The molecule has 1 fully saturated rings. The molecule has 1 aliphatic rings. The maximum absolute atomic E-state index is 14.1. The maximum Gasteiger partial charge on any atom is 0.243 e. The van der Waals surface area contributed by atoms with Crippen molar-refractivity contribution in [1.29, 1.82) is 0 Å². The zero-order chi connectivity index (χ0) is 26.5. The first-order valence-corrected chi connectivity index (χ1v) is 15.3. The standard InChI is InChI=1S/C30H31FN2O3S2/c31-26-15-12-23(13-16-26)20-32(21-28-11-6-18-37-28)30(34)22-33(27-9-2-1-3-10-27)38(35,36)29-17-14-24-7-4-5-8-25(24)19-29/h4-8,11-19,27H,1-3,9-10,20-22H2. The van der Waals surface area contributed by atoms with E-state index in [9.17, 15) is 17.6 Å². The highest BCUT2D eigenvalue weighted by molar-refractivity contribution is 7.89. The first kappa shape index (κ1) is 26.5. The lowest BCUT2D eigenvalue weighted by molar-refractivity contribution is -0.133. The third-order valence-electron chi connectivity index (χ3n) is 7.17. The van der Waals surface area contributed by atoms with Gasteiger partial charge in [-0.15, -0.1) is 11.3 Å². The molecule has 0 saturated heterocycles. The number of nitrogens with zero attached hydrogens (tertiary/aromatic N) is 2. The SMILES string of the molecule is O=C(CN(C1CCCCC1)S(=O)(=O)c1ccc2ccccc2c1)N(Cc1ccc(F)cc1)Cc1cccs1. The molecule has 5 rings (SSSR count). The molecule has 1 aromatic heterocycles. The monoisotopic (exact) mass is 550 g/mol. The van der Waals surface area contributed by atoms with Crippen LogP contribution in [0.5, 0.6) is 0 Å². The highest BCUT2D eigenvalue weighted by Gasteiger charge is 2.35. The van der Waals surface area contributed by atoms with Crippen molar-refractivity contribution in [1.82, 2.24) is 9.21 Å². The third kappa shape index (κ3) is 6.14. The van der Waals surface area contributed by atoms with Crippen LogP contribution in [0.3, 0.4) is 0 Å². The van der Waals surface area contributed by atoms with E-state index in [0.29, 0.717) is 6.54 Å². The topological polar surface area (TPSA) is 57.7 Å². The molecule has 38 heavy (non-hydrogen) atoms. The van der Waals surface area contributed by atoms with Gasteiger partial charge in [0.25, 0.3) is 0 Å². The molecule has 3 aromatic carbocycles. The molecule has 0 N–H and O–H groups in total. The highest BCUT2D eigenvalue weighted by atomic mass is 32.2. The number of hydrogen-bond donors (Lipinski definition) is 0. The normalized spacial score (nSPS) is 14.7. The third-order valence-corrected chi connectivity index (χ3v) is 9.92.